The van der Waals surface area contributed by atoms with E-state index < -0.39 is 16.7 Å². The predicted octanol–water partition coefficient (Wildman–Crippen LogP) is 4.20. The number of phenols is 2. The van der Waals surface area contributed by atoms with Crippen LogP contribution in [0.25, 0.3) is 0 Å². The fraction of sp³-hybridized carbons (Fsp3) is 0.348. The summed E-state index contributed by atoms with van der Waals surface area (Å²) in [5.41, 5.74) is -0.196. The molecule has 0 aliphatic carbocycles. The van der Waals surface area contributed by atoms with Crippen LogP contribution in [0.4, 0.5) is 11.4 Å². The summed E-state index contributed by atoms with van der Waals surface area (Å²) in [4.78, 5) is 36.4. The van der Waals surface area contributed by atoms with Crippen molar-refractivity contribution < 1.29 is 24.6 Å². The molecule has 0 spiro atoms. The Morgan fingerprint density at radius 2 is 1.27 bits per heavy atom. The lowest BCUT2D eigenvalue weighted by molar-refractivity contribution is -0.123. The van der Waals surface area contributed by atoms with Crippen molar-refractivity contribution in [1.29, 1.82) is 0 Å². The number of nitrogens with one attached hydrogen (secondary N) is 2. The first kappa shape index (κ1) is 22.9. The number of amides is 2. The molecular weight excluding hydrogens is 384 g/mol. The van der Waals surface area contributed by atoms with Crippen molar-refractivity contribution in [2.75, 3.05) is 10.6 Å². The van der Waals surface area contributed by atoms with Crippen LogP contribution in [0.1, 0.15) is 57.5 Å². The summed E-state index contributed by atoms with van der Waals surface area (Å²) in [7, 11) is 0. The summed E-state index contributed by atoms with van der Waals surface area (Å²) in [6, 6.07) is 8.93. The van der Waals surface area contributed by atoms with Crippen molar-refractivity contribution in [2.45, 2.75) is 47.0 Å². The molecule has 4 N–H and O–H groups in total. The van der Waals surface area contributed by atoms with Gasteiger partial charge in [0.1, 0.15) is 17.3 Å². The van der Waals surface area contributed by atoms with E-state index in [0.29, 0.717) is 5.56 Å². The lowest BCUT2D eigenvalue weighted by Gasteiger charge is -2.21. The Labute approximate surface area is 176 Å². The summed E-state index contributed by atoms with van der Waals surface area (Å²) in [5, 5.41) is 25.5. The van der Waals surface area contributed by atoms with E-state index in [1.165, 1.54) is 19.1 Å². The van der Waals surface area contributed by atoms with E-state index in [4.69, 9.17) is 0 Å². The Hall–Kier alpha value is -3.35. The third kappa shape index (κ3) is 4.97. The molecule has 0 atom stereocenters. The first-order chi connectivity index (χ1) is 13.7. The molecule has 0 bridgehead atoms. The van der Waals surface area contributed by atoms with Crippen LogP contribution in [-0.2, 0) is 15.0 Å². The molecule has 0 aliphatic rings. The number of anilines is 2. The molecule has 160 valence electrons. The van der Waals surface area contributed by atoms with Crippen LogP contribution in [0.2, 0.25) is 0 Å². The number of Topliss-reactive ketones (excluding diaryl/α,β-unsaturated/α-hetero) is 1. The third-order valence-electron chi connectivity index (χ3n) is 5.04. The van der Waals surface area contributed by atoms with Gasteiger partial charge in [0.05, 0.1) is 11.4 Å². The van der Waals surface area contributed by atoms with Crippen LogP contribution in [-0.4, -0.2) is 27.8 Å². The van der Waals surface area contributed by atoms with Gasteiger partial charge in [0.25, 0.3) is 5.91 Å². The average molecular weight is 412 g/mol. The van der Waals surface area contributed by atoms with E-state index in [-0.39, 0.29) is 34.6 Å². The van der Waals surface area contributed by atoms with E-state index in [1.54, 1.807) is 45.0 Å². The van der Waals surface area contributed by atoms with Gasteiger partial charge in [-0.15, -0.1) is 0 Å². The molecule has 2 aromatic carbocycles. The fourth-order valence-electron chi connectivity index (χ4n) is 2.52. The zero-order chi connectivity index (χ0) is 22.9. The lowest BCUT2D eigenvalue weighted by atomic mass is 9.81. The Bertz CT molecular complexity index is 986. The molecule has 2 rings (SSSR count). The molecule has 2 aromatic rings. The molecule has 0 unspecified atom stereocenters. The van der Waals surface area contributed by atoms with Crippen LogP contribution in [0.5, 0.6) is 11.5 Å². The number of hydrogen-bond acceptors (Lipinski definition) is 5. The van der Waals surface area contributed by atoms with Gasteiger partial charge in [-0.2, -0.15) is 0 Å². The van der Waals surface area contributed by atoms with Crippen LogP contribution in [0.3, 0.4) is 0 Å². The second-order valence-corrected chi connectivity index (χ2v) is 8.80. The smallest absolute Gasteiger partial charge is 0.255 e. The largest absolute Gasteiger partial charge is 0.506 e. The molecule has 30 heavy (non-hydrogen) atoms. The van der Waals surface area contributed by atoms with E-state index in [0.717, 1.165) is 5.56 Å². The second kappa shape index (κ2) is 8.18. The van der Waals surface area contributed by atoms with Crippen molar-refractivity contribution in [1.82, 2.24) is 0 Å². The maximum Gasteiger partial charge on any atom is 0.255 e. The maximum absolute atomic E-state index is 12.5. The van der Waals surface area contributed by atoms with Gasteiger partial charge < -0.3 is 20.8 Å². The molecule has 0 radical (unpaired) electrons. The number of ketones is 1. The van der Waals surface area contributed by atoms with E-state index in [1.807, 2.05) is 13.8 Å². The minimum Gasteiger partial charge on any atom is -0.506 e. The van der Waals surface area contributed by atoms with Crippen molar-refractivity contribution in [2.24, 2.45) is 5.41 Å². The number of carbonyl (C=O) groups excluding carboxylic acids is 3. The van der Waals surface area contributed by atoms with Crippen molar-refractivity contribution >= 4 is 29.0 Å². The van der Waals surface area contributed by atoms with Gasteiger partial charge in [0.2, 0.25) is 5.91 Å². The van der Waals surface area contributed by atoms with Crippen LogP contribution in [0, 0.1) is 5.41 Å². The standard InChI is InChI=1S/C23H28N2O5/c1-13(26)23(5,6)15-9-7-14(8-10-15)20(29)24-16-11-19(28)17(12-18(16)27)25-21(30)22(2,3)4/h7-12,27-28H,1-6H3,(H,24,29)(H,25,30). The van der Waals surface area contributed by atoms with Gasteiger partial charge in [0.15, 0.2) is 0 Å². The van der Waals surface area contributed by atoms with Crippen LogP contribution >= 0.6 is 0 Å². The average Bonchev–Trinajstić information content (AvgIpc) is 2.64. The van der Waals surface area contributed by atoms with E-state index in [2.05, 4.69) is 10.6 Å². The zero-order valence-corrected chi connectivity index (χ0v) is 18.1. The highest BCUT2D eigenvalue weighted by molar-refractivity contribution is 6.06. The Morgan fingerprint density at radius 1 is 0.800 bits per heavy atom. The van der Waals surface area contributed by atoms with E-state index >= 15 is 0 Å². The number of carbonyl (C=O) groups is 3. The Balaban J connectivity index is 2.20. The minimum absolute atomic E-state index is 0.000556. The lowest BCUT2D eigenvalue weighted by Crippen LogP contribution is -2.27. The van der Waals surface area contributed by atoms with Gasteiger partial charge in [0, 0.05) is 28.5 Å². The number of rotatable bonds is 5. The molecule has 2 amide bonds. The third-order valence-corrected chi connectivity index (χ3v) is 5.04. The summed E-state index contributed by atoms with van der Waals surface area (Å²) in [5.74, 6) is -1.41. The van der Waals surface area contributed by atoms with Gasteiger partial charge >= 0.3 is 0 Å². The number of aromatic hydroxyl groups is 2. The summed E-state index contributed by atoms with van der Waals surface area (Å²) >= 11 is 0. The monoisotopic (exact) mass is 412 g/mol. The summed E-state index contributed by atoms with van der Waals surface area (Å²) in [6.45, 7) is 10.3. The van der Waals surface area contributed by atoms with Crippen molar-refractivity contribution in [3.63, 3.8) is 0 Å². The maximum atomic E-state index is 12.5. The van der Waals surface area contributed by atoms with Crippen molar-refractivity contribution in [3.05, 3.63) is 47.5 Å². The molecule has 0 heterocycles. The molecule has 0 fully saturated rings. The van der Waals surface area contributed by atoms with Crippen LogP contribution < -0.4 is 10.6 Å². The minimum atomic E-state index is -0.682. The SMILES string of the molecule is CC(=O)C(C)(C)c1ccc(C(=O)Nc2cc(O)c(NC(=O)C(C)(C)C)cc2O)cc1. The quantitative estimate of drug-likeness (QED) is 0.434. The normalized spacial score (nSPS) is 11.7. The highest BCUT2D eigenvalue weighted by Crippen LogP contribution is 2.36. The molecule has 0 saturated carbocycles. The molecule has 0 aromatic heterocycles. The van der Waals surface area contributed by atoms with Gasteiger partial charge in [-0.1, -0.05) is 32.9 Å². The van der Waals surface area contributed by atoms with Crippen molar-refractivity contribution in [3.8, 4) is 11.5 Å². The van der Waals surface area contributed by atoms with E-state index in [9.17, 15) is 24.6 Å². The summed E-state index contributed by atoms with van der Waals surface area (Å²) in [6.07, 6.45) is 0. The van der Waals surface area contributed by atoms with Gasteiger partial charge in [-0.05, 0) is 38.5 Å². The van der Waals surface area contributed by atoms with Crippen LogP contribution in [0.15, 0.2) is 36.4 Å². The van der Waals surface area contributed by atoms with Gasteiger partial charge in [-0.25, -0.2) is 0 Å². The number of hydrogen-bond donors (Lipinski definition) is 4. The summed E-state index contributed by atoms with van der Waals surface area (Å²) < 4.78 is 0. The topological polar surface area (TPSA) is 116 Å². The number of benzene rings is 2. The fourth-order valence-corrected chi connectivity index (χ4v) is 2.52. The highest BCUT2D eigenvalue weighted by atomic mass is 16.3. The van der Waals surface area contributed by atoms with Gasteiger partial charge in [-0.3, -0.25) is 14.4 Å². The number of phenolic OH excluding ortho intramolecular Hbond substituents is 2. The molecule has 7 heteroatoms. The molecular formula is C23H28N2O5. The zero-order valence-electron chi connectivity index (χ0n) is 18.1. The highest BCUT2D eigenvalue weighted by Gasteiger charge is 2.26. The molecule has 7 nitrogen and oxygen atoms in total. The molecule has 0 saturated heterocycles. The Morgan fingerprint density at radius 3 is 1.70 bits per heavy atom. The first-order valence-electron chi connectivity index (χ1n) is 9.54. The second-order valence-electron chi connectivity index (χ2n) is 8.80. The predicted molar refractivity (Wildman–Crippen MR) is 116 cm³/mol. The Kier molecular flexibility index (Phi) is 6.25. The molecule has 0 aliphatic heterocycles. The first-order valence-corrected chi connectivity index (χ1v) is 9.54.